The van der Waals surface area contributed by atoms with E-state index in [4.69, 9.17) is 0 Å². The van der Waals surface area contributed by atoms with Gasteiger partial charge in [-0.3, -0.25) is 9.78 Å². The monoisotopic (exact) mass is 348 g/mol. The number of halogens is 2. The first kappa shape index (κ1) is 16.0. The Bertz CT molecular complexity index is 1030. The molecule has 8 heteroatoms. The molecule has 0 aliphatic rings. The van der Waals surface area contributed by atoms with E-state index in [0.717, 1.165) is 18.2 Å². The fourth-order valence-corrected chi connectivity index (χ4v) is 3.43. The fourth-order valence-electron chi connectivity index (χ4n) is 2.25. The smallest absolute Gasteiger partial charge is 0.268 e. The number of nitrogens with zero attached hydrogens (tertiary/aromatic N) is 1. The van der Waals surface area contributed by atoms with Crippen LogP contribution in [0.25, 0.3) is 10.9 Å². The number of hydrogen-bond donors (Lipinski definition) is 1. The third-order valence-corrected chi connectivity index (χ3v) is 4.70. The number of carbonyl (C=O) groups is 1. The average Bonchev–Trinajstić information content (AvgIpc) is 2.53. The highest BCUT2D eigenvalue weighted by molar-refractivity contribution is 7.90. The molecule has 0 radical (unpaired) electrons. The molecule has 1 aromatic heterocycles. The van der Waals surface area contributed by atoms with Crippen LogP contribution in [0.15, 0.2) is 59.6 Å². The molecule has 0 unspecified atom stereocenters. The van der Waals surface area contributed by atoms with Gasteiger partial charge in [-0.15, -0.1) is 0 Å². The first-order chi connectivity index (χ1) is 11.4. The topological polar surface area (TPSA) is 76.1 Å². The van der Waals surface area contributed by atoms with Crippen LogP contribution in [-0.4, -0.2) is 19.3 Å². The quantitative estimate of drug-likeness (QED) is 0.789. The molecule has 2 aromatic carbocycles. The molecular formula is C16H10F2N2O3S. The van der Waals surface area contributed by atoms with E-state index in [0.29, 0.717) is 5.52 Å². The number of rotatable bonds is 3. The maximum Gasteiger partial charge on any atom is 0.270 e. The Morgan fingerprint density at radius 1 is 0.958 bits per heavy atom. The average molecular weight is 348 g/mol. The van der Waals surface area contributed by atoms with Gasteiger partial charge in [0.1, 0.15) is 17.2 Å². The van der Waals surface area contributed by atoms with Crippen LogP contribution in [-0.2, 0) is 10.0 Å². The summed E-state index contributed by atoms with van der Waals surface area (Å²) in [6.45, 7) is 0. The SMILES string of the molecule is O=C(NS(=O)(=O)c1cccc2ncccc12)c1c(F)cccc1F. The summed E-state index contributed by atoms with van der Waals surface area (Å²) >= 11 is 0. The third-order valence-electron chi connectivity index (χ3n) is 3.31. The lowest BCUT2D eigenvalue weighted by molar-refractivity contribution is 0.0973. The molecule has 0 spiro atoms. The summed E-state index contributed by atoms with van der Waals surface area (Å²) in [5, 5.41) is 0.286. The number of pyridine rings is 1. The van der Waals surface area contributed by atoms with Gasteiger partial charge >= 0.3 is 0 Å². The van der Waals surface area contributed by atoms with Crippen molar-refractivity contribution >= 4 is 26.8 Å². The highest BCUT2D eigenvalue weighted by Crippen LogP contribution is 2.21. The summed E-state index contributed by atoms with van der Waals surface area (Å²) in [6.07, 6.45) is 1.49. The van der Waals surface area contributed by atoms with E-state index in [-0.39, 0.29) is 10.3 Å². The van der Waals surface area contributed by atoms with Crippen molar-refractivity contribution in [2.24, 2.45) is 0 Å². The van der Waals surface area contributed by atoms with E-state index in [9.17, 15) is 22.0 Å². The molecule has 24 heavy (non-hydrogen) atoms. The van der Waals surface area contributed by atoms with E-state index < -0.39 is 33.1 Å². The molecule has 3 aromatic rings. The Kier molecular flexibility index (Phi) is 3.98. The van der Waals surface area contributed by atoms with Gasteiger partial charge in [-0.05, 0) is 36.4 Å². The van der Waals surface area contributed by atoms with Gasteiger partial charge < -0.3 is 0 Å². The second-order valence-electron chi connectivity index (χ2n) is 4.86. The van der Waals surface area contributed by atoms with Crippen LogP contribution in [0.4, 0.5) is 8.78 Å². The molecule has 122 valence electrons. The largest absolute Gasteiger partial charge is 0.270 e. The second kappa shape index (κ2) is 5.97. The predicted molar refractivity (Wildman–Crippen MR) is 82.8 cm³/mol. The van der Waals surface area contributed by atoms with Crippen molar-refractivity contribution in [2.45, 2.75) is 4.90 Å². The summed E-state index contributed by atoms with van der Waals surface area (Å²) in [5.41, 5.74) is -0.552. The number of carbonyl (C=O) groups excluding carboxylic acids is 1. The van der Waals surface area contributed by atoms with Crippen LogP contribution < -0.4 is 4.72 Å². The molecule has 1 heterocycles. The van der Waals surface area contributed by atoms with Crippen LogP contribution >= 0.6 is 0 Å². The third kappa shape index (κ3) is 2.83. The zero-order valence-electron chi connectivity index (χ0n) is 12.0. The molecular weight excluding hydrogens is 338 g/mol. The summed E-state index contributed by atoms with van der Waals surface area (Å²) in [4.78, 5) is 15.8. The number of sulfonamides is 1. The Labute approximate surface area is 136 Å². The van der Waals surface area contributed by atoms with Crippen molar-refractivity contribution in [2.75, 3.05) is 0 Å². The van der Waals surface area contributed by atoms with Crippen molar-refractivity contribution in [3.8, 4) is 0 Å². The minimum atomic E-state index is -4.34. The van der Waals surface area contributed by atoms with Crippen molar-refractivity contribution in [1.82, 2.24) is 9.71 Å². The number of aromatic nitrogens is 1. The van der Waals surface area contributed by atoms with E-state index >= 15 is 0 Å². The molecule has 0 aliphatic heterocycles. The van der Waals surface area contributed by atoms with Gasteiger partial charge in [0, 0.05) is 11.6 Å². The van der Waals surface area contributed by atoms with Crippen molar-refractivity contribution in [1.29, 1.82) is 0 Å². The molecule has 3 rings (SSSR count). The summed E-state index contributed by atoms with van der Waals surface area (Å²) in [6, 6.07) is 10.2. The summed E-state index contributed by atoms with van der Waals surface area (Å²) in [5.74, 6) is -3.68. The second-order valence-corrected chi connectivity index (χ2v) is 6.51. The molecule has 0 atom stereocenters. The lowest BCUT2D eigenvalue weighted by Crippen LogP contribution is -2.32. The molecule has 1 amide bonds. The van der Waals surface area contributed by atoms with E-state index in [1.165, 1.54) is 24.4 Å². The van der Waals surface area contributed by atoms with Crippen LogP contribution in [0.2, 0.25) is 0 Å². The van der Waals surface area contributed by atoms with Crippen LogP contribution in [0, 0.1) is 11.6 Å². The fraction of sp³-hybridized carbons (Fsp3) is 0. The maximum atomic E-state index is 13.6. The zero-order valence-corrected chi connectivity index (χ0v) is 12.8. The Hall–Kier alpha value is -2.87. The van der Waals surface area contributed by atoms with E-state index in [2.05, 4.69) is 4.98 Å². The molecule has 5 nitrogen and oxygen atoms in total. The molecule has 0 bridgehead atoms. The van der Waals surface area contributed by atoms with Gasteiger partial charge in [0.05, 0.1) is 10.4 Å². The standard InChI is InChI=1S/C16H10F2N2O3S/c17-11-5-1-6-12(18)15(11)16(21)20-24(22,23)14-8-2-7-13-10(14)4-3-9-19-13/h1-9H,(H,20,21). The van der Waals surface area contributed by atoms with Crippen molar-refractivity contribution < 1.29 is 22.0 Å². The number of benzene rings is 2. The van der Waals surface area contributed by atoms with Crippen LogP contribution in [0.3, 0.4) is 0 Å². The highest BCUT2D eigenvalue weighted by atomic mass is 32.2. The van der Waals surface area contributed by atoms with Gasteiger partial charge in [0.15, 0.2) is 0 Å². The summed E-state index contributed by atoms with van der Waals surface area (Å²) < 4.78 is 53.8. The normalized spacial score (nSPS) is 11.4. The predicted octanol–water partition coefficient (Wildman–Crippen LogP) is 2.63. The minimum absolute atomic E-state index is 0.210. The number of amides is 1. The Balaban J connectivity index is 2.04. The number of fused-ring (bicyclic) bond motifs is 1. The summed E-state index contributed by atoms with van der Waals surface area (Å²) in [7, 11) is -4.34. The molecule has 0 saturated heterocycles. The Morgan fingerprint density at radius 2 is 1.62 bits per heavy atom. The van der Waals surface area contributed by atoms with Crippen LogP contribution in [0.5, 0.6) is 0 Å². The molecule has 0 fully saturated rings. The van der Waals surface area contributed by atoms with Crippen molar-refractivity contribution in [3.63, 3.8) is 0 Å². The molecule has 1 N–H and O–H groups in total. The first-order valence-electron chi connectivity index (χ1n) is 6.75. The zero-order chi connectivity index (χ0) is 17.3. The van der Waals surface area contributed by atoms with Gasteiger partial charge in [-0.2, -0.15) is 0 Å². The number of nitrogens with one attached hydrogen (secondary N) is 1. The first-order valence-corrected chi connectivity index (χ1v) is 8.23. The van der Waals surface area contributed by atoms with Gasteiger partial charge in [-0.1, -0.05) is 12.1 Å². The maximum absolute atomic E-state index is 13.6. The highest BCUT2D eigenvalue weighted by Gasteiger charge is 2.25. The van der Waals surface area contributed by atoms with Gasteiger partial charge in [0.25, 0.3) is 15.9 Å². The van der Waals surface area contributed by atoms with Gasteiger partial charge in [-0.25, -0.2) is 21.9 Å². The van der Waals surface area contributed by atoms with Crippen molar-refractivity contribution in [3.05, 3.63) is 71.9 Å². The van der Waals surface area contributed by atoms with Gasteiger partial charge in [0.2, 0.25) is 0 Å². The van der Waals surface area contributed by atoms with Crippen LogP contribution in [0.1, 0.15) is 10.4 Å². The van der Waals surface area contributed by atoms with E-state index in [1.54, 1.807) is 16.9 Å². The Morgan fingerprint density at radius 3 is 2.33 bits per heavy atom. The lowest BCUT2D eigenvalue weighted by Gasteiger charge is -2.10. The van der Waals surface area contributed by atoms with E-state index in [1.807, 2.05) is 0 Å². The number of hydrogen-bond acceptors (Lipinski definition) is 4. The molecule has 0 aliphatic carbocycles. The minimum Gasteiger partial charge on any atom is -0.268 e. The lowest BCUT2D eigenvalue weighted by atomic mass is 10.2. The molecule has 0 saturated carbocycles.